The maximum absolute atomic E-state index is 13.2. The number of nitrogens with one attached hydrogen (secondary N) is 2. The minimum Gasteiger partial charge on any atom is -0.458 e. The number of aliphatic hydroxyl groups excluding tert-OH is 1. The number of anilines is 1. The molecule has 2 aliphatic rings. The van der Waals surface area contributed by atoms with Crippen molar-refractivity contribution in [3.05, 3.63) is 35.8 Å². The Morgan fingerprint density at radius 2 is 2.14 bits per heavy atom. The first-order valence-corrected chi connectivity index (χ1v) is 12.9. The van der Waals surface area contributed by atoms with E-state index in [9.17, 15) is 9.90 Å². The Bertz CT molecular complexity index is 1220. The summed E-state index contributed by atoms with van der Waals surface area (Å²) in [7, 11) is 0. The van der Waals surface area contributed by atoms with E-state index in [0.717, 1.165) is 61.9 Å². The molecular formula is C26H35N7O3. The Balaban J connectivity index is 1.34. The highest BCUT2D eigenvalue weighted by atomic mass is 16.5. The number of carbonyl (C=O) groups excluding carboxylic acids is 1. The van der Waals surface area contributed by atoms with E-state index in [2.05, 4.69) is 55.3 Å². The van der Waals surface area contributed by atoms with E-state index in [-0.39, 0.29) is 29.8 Å². The molecule has 0 spiro atoms. The molecule has 3 N–H and O–H groups in total. The van der Waals surface area contributed by atoms with E-state index in [1.807, 2.05) is 6.07 Å². The van der Waals surface area contributed by atoms with Gasteiger partial charge in [0.2, 0.25) is 0 Å². The van der Waals surface area contributed by atoms with E-state index in [0.29, 0.717) is 17.7 Å². The van der Waals surface area contributed by atoms with Gasteiger partial charge in [0.15, 0.2) is 5.65 Å². The quantitative estimate of drug-likeness (QED) is 0.458. The van der Waals surface area contributed by atoms with Crippen molar-refractivity contribution in [3.8, 4) is 6.01 Å². The number of amides is 1. The number of pyridine rings is 1. The number of hydrogen-bond acceptors (Lipinski definition) is 8. The van der Waals surface area contributed by atoms with Crippen LogP contribution in [-0.2, 0) is 0 Å². The fourth-order valence-electron chi connectivity index (χ4n) is 5.53. The molecule has 192 valence electrons. The van der Waals surface area contributed by atoms with Crippen LogP contribution in [-0.4, -0.2) is 67.5 Å². The van der Waals surface area contributed by atoms with Gasteiger partial charge in [-0.25, -0.2) is 4.98 Å². The molecular weight excluding hydrogens is 458 g/mol. The van der Waals surface area contributed by atoms with Crippen molar-refractivity contribution in [2.45, 2.75) is 70.4 Å². The monoisotopic (exact) mass is 493 g/mol. The van der Waals surface area contributed by atoms with Crippen molar-refractivity contribution in [1.82, 2.24) is 30.5 Å². The number of aromatic nitrogens is 5. The van der Waals surface area contributed by atoms with Crippen LogP contribution in [0, 0.1) is 5.92 Å². The van der Waals surface area contributed by atoms with Crippen LogP contribution in [0.15, 0.2) is 24.4 Å². The molecule has 3 aromatic rings. The topological polar surface area (TPSA) is 129 Å². The fraction of sp³-hybridized carbons (Fsp3) is 0.577. The van der Waals surface area contributed by atoms with Gasteiger partial charge >= 0.3 is 6.01 Å². The Hall–Kier alpha value is -3.27. The Morgan fingerprint density at radius 1 is 1.33 bits per heavy atom. The average molecular weight is 494 g/mol. The lowest BCUT2D eigenvalue weighted by molar-refractivity contribution is 0.0895. The van der Waals surface area contributed by atoms with Crippen LogP contribution in [0.1, 0.15) is 75.0 Å². The van der Waals surface area contributed by atoms with Crippen molar-refractivity contribution in [3.63, 3.8) is 0 Å². The number of nitrogens with zero attached hydrogens (tertiary/aromatic N) is 5. The van der Waals surface area contributed by atoms with Crippen LogP contribution >= 0.6 is 0 Å². The maximum atomic E-state index is 13.2. The van der Waals surface area contributed by atoms with Gasteiger partial charge in [-0.2, -0.15) is 15.1 Å². The molecule has 1 saturated carbocycles. The van der Waals surface area contributed by atoms with Gasteiger partial charge in [0.05, 0.1) is 6.61 Å². The van der Waals surface area contributed by atoms with Gasteiger partial charge < -0.3 is 20.1 Å². The average Bonchev–Trinajstić information content (AvgIpc) is 3.46. The molecule has 0 radical (unpaired) electrons. The maximum Gasteiger partial charge on any atom is 0.319 e. The summed E-state index contributed by atoms with van der Waals surface area (Å²) in [6.07, 6.45) is 6.11. The third-order valence-electron chi connectivity index (χ3n) is 7.48. The number of fused-ring (bicyclic) bond motifs is 1. The van der Waals surface area contributed by atoms with Crippen LogP contribution in [0.25, 0.3) is 11.0 Å². The molecule has 10 heteroatoms. The Morgan fingerprint density at radius 3 is 2.86 bits per heavy atom. The first-order valence-electron chi connectivity index (χ1n) is 12.9. The summed E-state index contributed by atoms with van der Waals surface area (Å²) in [6.45, 7) is 7.44. The van der Waals surface area contributed by atoms with E-state index in [4.69, 9.17) is 4.74 Å². The van der Waals surface area contributed by atoms with E-state index in [1.54, 1.807) is 19.2 Å². The highest BCUT2D eigenvalue weighted by Crippen LogP contribution is 2.35. The summed E-state index contributed by atoms with van der Waals surface area (Å²) in [5.41, 5.74) is 1.92. The summed E-state index contributed by atoms with van der Waals surface area (Å²) in [5, 5.41) is 21.3. The normalized spacial score (nSPS) is 23.7. The van der Waals surface area contributed by atoms with Gasteiger partial charge in [-0.1, -0.05) is 6.92 Å². The summed E-state index contributed by atoms with van der Waals surface area (Å²) in [4.78, 5) is 28.7. The van der Waals surface area contributed by atoms with Gasteiger partial charge in [0.1, 0.15) is 17.6 Å². The molecule has 0 aromatic carbocycles. The molecule has 0 bridgehead atoms. The lowest BCUT2D eigenvalue weighted by atomic mass is 9.92. The molecule has 4 heterocycles. The SMILES string of the molecule is CC1CCC(C)(NC(=O)c2cc(N3CCC(c4[nH]nc5ncccc45)CC3)nc(O[C@H](C)CO)n2)C1. The van der Waals surface area contributed by atoms with Gasteiger partial charge in [-0.05, 0) is 64.0 Å². The van der Waals surface area contributed by atoms with Gasteiger partial charge in [-0.15, -0.1) is 0 Å². The highest BCUT2D eigenvalue weighted by Gasteiger charge is 2.35. The summed E-state index contributed by atoms with van der Waals surface area (Å²) in [5.74, 6) is 1.37. The molecule has 2 fully saturated rings. The zero-order valence-corrected chi connectivity index (χ0v) is 21.2. The molecule has 5 rings (SSSR count). The van der Waals surface area contributed by atoms with Crippen LogP contribution in [0.5, 0.6) is 6.01 Å². The summed E-state index contributed by atoms with van der Waals surface area (Å²) < 4.78 is 5.73. The molecule has 1 aliphatic carbocycles. The summed E-state index contributed by atoms with van der Waals surface area (Å²) in [6, 6.07) is 5.85. The number of piperidine rings is 1. The third-order valence-corrected chi connectivity index (χ3v) is 7.48. The molecule has 1 amide bonds. The number of ether oxygens (including phenoxy) is 1. The van der Waals surface area contributed by atoms with Crippen molar-refractivity contribution in [2.75, 3.05) is 24.6 Å². The minimum atomic E-state index is -0.475. The fourth-order valence-corrected chi connectivity index (χ4v) is 5.53. The molecule has 10 nitrogen and oxygen atoms in total. The zero-order valence-electron chi connectivity index (χ0n) is 21.2. The zero-order chi connectivity index (χ0) is 25.3. The number of H-pyrrole nitrogens is 1. The van der Waals surface area contributed by atoms with Crippen molar-refractivity contribution in [2.24, 2.45) is 5.92 Å². The van der Waals surface area contributed by atoms with Crippen molar-refractivity contribution in [1.29, 1.82) is 0 Å². The highest BCUT2D eigenvalue weighted by molar-refractivity contribution is 5.93. The predicted molar refractivity (Wildman–Crippen MR) is 136 cm³/mol. The van der Waals surface area contributed by atoms with Crippen LogP contribution in [0.3, 0.4) is 0 Å². The molecule has 3 atom stereocenters. The molecule has 36 heavy (non-hydrogen) atoms. The molecule has 1 aliphatic heterocycles. The van der Waals surface area contributed by atoms with Crippen LogP contribution < -0.4 is 15.0 Å². The van der Waals surface area contributed by atoms with E-state index >= 15 is 0 Å². The second kappa shape index (κ2) is 10.0. The number of rotatable bonds is 7. The van der Waals surface area contributed by atoms with Gasteiger partial charge in [0.25, 0.3) is 5.91 Å². The second-order valence-corrected chi connectivity index (χ2v) is 10.6. The first-order chi connectivity index (χ1) is 17.3. The number of hydrogen-bond donors (Lipinski definition) is 3. The van der Waals surface area contributed by atoms with Crippen LogP contribution in [0.4, 0.5) is 5.82 Å². The first kappa shape index (κ1) is 24.4. The Kier molecular flexibility index (Phi) is 6.79. The predicted octanol–water partition coefficient (Wildman–Crippen LogP) is 3.20. The van der Waals surface area contributed by atoms with E-state index < -0.39 is 6.10 Å². The van der Waals surface area contributed by atoms with E-state index in [1.165, 1.54) is 0 Å². The number of aromatic amines is 1. The van der Waals surface area contributed by atoms with Gasteiger partial charge in [-0.3, -0.25) is 9.89 Å². The van der Waals surface area contributed by atoms with Crippen molar-refractivity contribution >= 4 is 22.8 Å². The third kappa shape index (κ3) is 5.13. The standard InChI is InChI=1S/C26H35N7O3/c1-16-6-9-26(3,14-16)30-24(35)20-13-21(29-25(28-20)36-17(2)15-34)33-11-7-18(8-12-33)22-19-5-4-10-27-23(19)32-31-22/h4-5,10,13,16-18,34H,6-9,11-12,14-15H2,1-3H3,(H,30,35)(H,27,31,32)/t16?,17-,26?/m1/s1. The minimum absolute atomic E-state index is 0.108. The molecule has 3 aromatic heterocycles. The summed E-state index contributed by atoms with van der Waals surface area (Å²) >= 11 is 0. The van der Waals surface area contributed by atoms with Gasteiger partial charge in [0, 0.05) is 47.9 Å². The molecule has 1 saturated heterocycles. The smallest absolute Gasteiger partial charge is 0.319 e. The number of carbonyl (C=O) groups is 1. The second-order valence-electron chi connectivity index (χ2n) is 10.6. The molecule has 2 unspecified atom stereocenters. The van der Waals surface area contributed by atoms with Crippen LogP contribution in [0.2, 0.25) is 0 Å². The lowest BCUT2D eigenvalue weighted by Gasteiger charge is -2.33. The Labute approximate surface area is 210 Å². The largest absolute Gasteiger partial charge is 0.458 e. The number of aliphatic hydroxyl groups is 1. The van der Waals surface area contributed by atoms with Crippen molar-refractivity contribution < 1.29 is 14.6 Å². The lowest BCUT2D eigenvalue weighted by Crippen LogP contribution is -2.44.